The second-order valence-electron chi connectivity index (χ2n) is 6.30. The van der Waals surface area contributed by atoms with Crippen LogP contribution in [0.25, 0.3) is 0 Å². The normalized spacial score (nSPS) is 15.6. The van der Waals surface area contributed by atoms with Gasteiger partial charge in [0.1, 0.15) is 0 Å². The third-order valence-corrected chi connectivity index (χ3v) is 5.30. The van der Waals surface area contributed by atoms with E-state index >= 15 is 0 Å². The van der Waals surface area contributed by atoms with Crippen molar-refractivity contribution in [1.82, 2.24) is 15.2 Å². The number of rotatable bonds is 6. The fraction of sp³-hybridized carbons (Fsp3) is 0.444. The number of nitrogens with zero attached hydrogens (tertiary/aromatic N) is 2. The van der Waals surface area contributed by atoms with Crippen molar-refractivity contribution < 1.29 is 4.79 Å². The smallest absolute Gasteiger partial charge is 0.240 e. The average molecular weight is 344 g/mol. The Morgan fingerprint density at radius 2 is 2.08 bits per heavy atom. The number of nitrogens with one attached hydrogen (secondary N) is 2. The molecule has 0 atom stereocenters. The van der Waals surface area contributed by atoms with Crippen molar-refractivity contribution in [3.63, 3.8) is 0 Å². The van der Waals surface area contributed by atoms with E-state index in [-0.39, 0.29) is 5.91 Å². The molecule has 5 nitrogen and oxygen atoms in total. The molecule has 0 radical (unpaired) electrons. The minimum absolute atomic E-state index is 0.0142. The predicted octanol–water partition coefficient (Wildman–Crippen LogP) is 2.68. The van der Waals surface area contributed by atoms with Crippen LogP contribution in [0.4, 0.5) is 5.13 Å². The van der Waals surface area contributed by atoms with Crippen molar-refractivity contribution in [3.05, 3.63) is 47.0 Å². The zero-order chi connectivity index (χ0) is 16.8. The molecule has 6 heteroatoms. The highest BCUT2D eigenvalue weighted by Crippen LogP contribution is 2.31. The third-order valence-electron chi connectivity index (χ3n) is 4.22. The molecule has 1 aliphatic rings. The number of piperidine rings is 1. The monoisotopic (exact) mass is 344 g/mol. The van der Waals surface area contributed by atoms with Gasteiger partial charge in [-0.1, -0.05) is 30.3 Å². The lowest BCUT2D eigenvalue weighted by Crippen LogP contribution is -2.29. The van der Waals surface area contributed by atoms with Crippen molar-refractivity contribution in [3.8, 4) is 0 Å². The minimum Gasteiger partial charge on any atom is -0.317 e. The van der Waals surface area contributed by atoms with Crippen LogP contribution in [0.1, 0.15) is 29.2 Å². The molecule has 1 aromatic carbocycles. The van der Waals surface area contributed by atoms with Crippen molar-refractivity contribution >= 4 is 22.4 Å². The number of thiazole rings is 1. The SMILES string of the molecule is CN(CC(=O)Nc1ncc(C2CCNCC2)s1)Cc1ccccc1. The molecule has 1 aromatic heterocycles. The Kier molecular flexibility index (Phi) is 5.96. The summed E-state index contributed by atoms with van der Waals surface area (Å²) in [5.41, 5.74) is 1.20. The first-order chi connectivity index (χ1) is 11.7. The second kappa shape index (κ2) is 8.37. The molecule has 3 rings (SSSR count). The zero-order valence-corrected chi connectivity index (χ0v) is 14.8. The maximum absolute atomic E-state index is 12.2. The standard InChI is InChI=1S/C18H24N4OS/c1-22(12-14-5-3-2-4-6-14)13-17(23)21-18-20-11-16(24-18)15-7-9-19-10-8-15/h2-6,11,15,19H,7-10,12-13H2,1H3,(H,20,21,23). The lowest BCUT2D eigenvalue weighted by molar-refractivity contribution is -0.117. The highest BCUT2D eigenvalue weighted by Gasteiger charge is 2.18. The topological polar surface area (TPSA) is 57.3 Å². The fourth-order valence-corrected chi connectivity index (χ4v) is 4.00. The van der Waals surface area contributed by atoms with E-state index in [0.29, 0.717) is 17.6 Å². The van der Waals surface area contributed by atoms with Crippen molar-refractivity contribution in [2.45, 2.75) is 25.3 Å². The first kappa shape index (κ1) is 17.1. The first-order valence-electron chi connectivity index (χ1n) is 8.39. The fourth-order valence-electron chi connectivity index (χ4n) is 2.99. The zero-order valence-electron chi connectivity index (χ0n) is 14.0. The number of anilines is 1. The summed E-state index contributed by atoms with van der Waals surface area (Å²) in [7, 11) is 1.95. The van der Waals surface area contributed by atoms with E-state index in [1.807, 2.05) is 36.3 Å². The van der Waals surface area contributed by atoms with Crippen LogP contribution < -0.4 is 10.6 Å². The number of hydrogen-bond acceptors (Lipinski definition) is 5. The Labute approximate surface area is 147 Å². The van der Waals surface area contributed by atoms with Gasteiger partial charge >= 0.3 is 0 Å². The van der Waals surface area contributed by atoms with Gasteiger partial charge in [-0.25, -0.2) is 4.98 Å². The van der Waals surface area contributed by atoms with Gasteiger partial charge in [0.25, 0.3) is 0 Å². The van der Waals surface area contributed by atoms with E-state index in [2.05, 4.69) is 27.8 Å². The van der Waals surface area contributed by atoms with Gasteiger partial charge in [-0.05, 0) is 44.5 Å². The second-order valence-corrected chi connectivity index (χ2v) is 7.36. The molecule has 1 saturated heterocycles. The molecule has 2 aromatic rings. The number of amides is 1. The summed E-state index contributed by atoms with van der Waals surface area (Å²) in [5.74, 6) is 0.565. The Hall–Kier alpha value is -1.76. The predicted molar refractivity (Wildman–Crippen MR) is 98.4 cm³/mol. The quantitative estimate of drug-likeness (QED) is 0.846. The molecule has 1 fully saturated rings. The Morgan fingerprint density at radius 1 is 1.33 bits per heavy atom. The van der Waals surface area contributed by atoms with Crippen LogP contribution >= 0.6 is 11.3 Å². The van der Waals surface area contributed by atoms with Gasteiger partial charge < -0.3 is 10.6 Å². The Bertz CT molecular complexity index is 652. The van der Waals surface area contributed by atoms with Crippen LogP contribution in [-0.2, 0) is 11.3 Å². The molecule has 1 aliphatic heterocycles. The van der Waals surface area contributed by atoms with E-state index in [0.717, 1.165) is 32.5 Å². The molecule has 0 unspecified atom stereocenters. The van der Waals surface area contributed by atoms with E-state index in [4.69, 9.17) is 0 Å². The highest BCUT2D eigenvalue weighted by atomic mass is 32.1. The van der Waals surface area contributed by atoms with Crippen LogP contribution in [0.3, 0.4) is 0 Å². The van der Waals surface area contributed by atoms with Gasteiger partial charge in [0.2, 0.25) is 5.91 Å². The van der Waals surface area contributed by atoms with Gasteiger partial charge in [0.05, 0.1) is 6.54 Å². The Balaban J connectivity index is 1.48. The molecule has 0 aliphatic carbocycles. The minimum atomic E-state index is -0.0142. The van der Waals surface area contributed by atoms with Crippen LogP contribution in [0.5, 0.6) is 0 Å². The number of benzene rings is 1. The number of likely N-dealkylation sites (N-methyl/N-ethyl adjacent to an activating group) is 1. The average Bonchev–Trinajstić information content (AvgIpc) is 3.04. The summed E-state index contributed by atoms with van der Waals surface area (Å²) < 4.78 is 0. The van der Waals surface area contributed by atoms with E-state index < -0.39 is 0 Å². The maximum Gasteiger partial charge on any atom is 0.240 e. The molecule has 24 heavy (non-hydrogen) atoms. The molecule has 2 heterocycles. The summed E-state index contributed by atoms with van der Waals surface area (Å²) in [5, 5.41) is 7.01. The molecule has 1 amide bonds. The Morgan fingerprint density at radius 3 is 2.83 bits per heavy atom. The van der Waals surface area contributed by atoms with Gasteiger partial charge in [-0.15, -0.1) is 11.3 Å². The van der Waals surface area contributed by atoms with E-state index in [1.165, 1.54) is 10.4 Å². The van der Waals surface area contributed by atoms with Crippen molar-refractivity contribution in [2.24, 2.45) is 0 Å². The highest BCUT2D eigenvalue weighted by molar-refractivity contribution is 7.15. The summed E-state index contributed by atoms with van der Waals surface area (Å²) >= 11 is 1.61. The van der Waals surface area contributed by atoms with Crippen molar-refractivity contribution in [2.75, 3.05) is 32.0 Å². The molecule has 0 spiro atoms. The number of aromatic nitrogens is 1. The lowest BCUT2D eigenvalue weighted by Gasteiger charge is -2.20. The van der Waals surface area contributed by atoms with E-state index in [9.17, 15) is 4.79 Å². The molecule has 2 N–H and O–H groups in total. The van der Waals surface area contributed by atoms with Crippen LogP contribution in [0.2, 0.25) is 0 Å². The molecule has 0 bridgehead atoms. The number of hydrogen-bond donors (Lipinski definition) is 2. The summed E-state index contributed by atoms with van der Waals surface area (Å²) in [4.78, 5) is 19.9. The van der Waals surface area contributed by atoms with Crippen LogP contribution in [-0.4, -0.2) is 42.5 Å². The lowest BCUT2D eigenvalue weighted by atomic mass is 9.97. The van der Waals surface area contributed by atoms with Crippen LogP contribution in [0.15, 0.2) is 36.5 Å². The summed E-state index contributed by atoms with van der Waals surface area (Å²) in [6, 6.07) is 10.2. The first-order valence-corrected chi connectivity index (χ1v) is 9.21. The van der Waals surface area contributed by atoms with E-state index in [1.54, 1.807) is 11.3 Å². The number of carbonyl (C=O) groups excluding carboxylic acids is 1. The molecule has 0 saturated carbocycles. The number of carbonyl (C=O) groups is 1. The maximum atomic E-state index is 12.2. The van der Waals surface area contributed by atoms with Gasteiger partial charge in [0, 0.05) is 17.6 Å². The summed E-state index contributed by atoms with van der Waals surface area (Å²) in [6.45, 7) is 3.24. The third kappa shape index (κ3) is 4.87. The van der Waals surface area contributed by atoms with Crippen LogP contribution in [0, 0.1) is 0 Å². The summed E-state index contributed by atoms with van der Waals surface area (Å²) in [6.07, 6.45) is 4.22. The van der Waals surface area contributed by atoms with Gasteiger partial charge in [0.15, 0.2) is 5.13 Å². The molecule has 128 valence electrons. The van der Waals surface area contributed by atoms with Gasteiger partial charge in [-0.2, -0.15) is 0 Å². The largest absolute Gasteiger partial charge is 0.317 e. The van der Waals surface area contributed by atoms with Crippen molar-refractivity contribution in [1.29, 1.82) is 0 Å². The molecular weight excluding hydrogens is 320 g/mol. The van der Waals surface area contributed by atoms with Gasteiger partial charge in [-0.3, -0.25) is 9.69 Å². The molecular formula is C18H24N4OS.